The Morgan fingerprint density at radius 2 is 2.05 bits per heavy atom. The minimum Gasteiger partial charge on any atom is -0.465 e. The first-order valence-corrected chi connectivity index (χ1v) is 7.77. The zero-order valence-corrected chi connectivity index (χ0v) is 13.1. The van der Waals surface area contributed by atoms with E-state index in [9.17, 15) is 4.79 Å². The first-order chi connectivity index (χ1) is 10.1. The van der Waals surface area contributed by atoms with Crippen LogP contribution in [0.2, 0.25) is 0 Å². The van der Waals surface area contributed by atoms with E-state index in [0.717, 1.165) is 6.42 Å². The van der Waals surface area contributed by atoms with Crippen LogP contribution >= 0.6 is 0 Å². The third kappa shape index (κ3) is 4.18. The molecule has 1 aliphatic rings. The highest BCUT2D eigenvalue weighted by Gasteiger charge is 2.32. The molecule has 0 bridgehead atoms. The van der Waals surface area contributed by atoms with E-state index in [1.54, 1.807) is 0 Å². The van der Waals surface area contributed by atoms with Crippen molar-refractivity contribution in [2.24, 2.45) is 11.8 Å². The summed E-state index contributed by atoms with van der Waals surface area (Å²) >= 11 is 0. The maximum atomic E-state index is 12.3. The van der Waals surface area contributed by atoms with E-state index in [-0.39, 0.29) is 24.0 Å². The number of rotatable bonds is 6. The molecule has 1 N–H and O–H groups in total. The summed E-state index contributed by atoms with van der Waals surface area (Å²) in [5.74, 6) is 0.593. The molecule has 0 spiro atoms. The molecule has 114 valence electrons. The molecule has 0 saturated heterocycles. The molecular weight excluding hydrogens is 262 g/mol. The predicted molar refractivity (Wildman–Crippen MR) is 84.8 cm³/mol. The van der Waals surface area contributed by atoms with Crippen LogP contribution in [0.3, 0.4) is 0 Å². The van der Waals surface area contributed by atoms with Crippen LogP contribution in [0.5, 0.6) is 0 Å². The molecule has 0 saturated carbocycles. The second kappa shape index (κ2) is 7.41. The Morgan fingerprint density at radius 3 is 2.62 bits per heavy atom. The summed E-state index contributed by atoms with van der Waals surface area (Å²) in [5, 5.41) is 3.45. The Bertz CT molecular complexity index is 483. The Hall–Kier alpha value is -1.61. The molecule has 0 aromatic heterocycles. The fourth-order valence-corrected chi connectivity index (χ4v) is 2.87. The van der Waals surface area contributed by atoms with Gasteiger partial charge in [-0.3, -0.25) is 10.1 Å². The van der Waals surface area contributed by atoms with E-state index in [1.807, 2.05) is 25.1 Å². The summed E-state index contributed by atoms with van der Waals surface area (Å²) < 4.78 is 5.25. The summed E-state index contributed by atoms with van der Waals surface area (Å²) in [7, 11) is 0. The van der Waals surface area contributed by atoms with Crippen LogP contribution in [0.15, 0.2) is 42.5 Å². The van der Waals surface area contributed by atoms with Crippen LogP contribution in [0.1, 0.15) is 38.8 Å². The molecule has 2 rings (SSSR count). The van der Waals surface area contributed by atoms with Crippen molar-refractivity contribution in [3.63, 3.8) is 0 Å². The van der Waals surface area contributed by atoms with Gasteiger partial charge in [-0.25, -0.2) is 0 Å². The first-order valence-electron chi connectivity index (χ1n) is 7.77. The maximum absolute atomic E-state index is 12.3. The van der Waals surface area contributed by atoms with E-state index in [0.29, 0.717) is 12.5 Å². The van der Waals surface area contributed by atoms with Crippen molar-refractivity contribution in [1.29, 1.82) is 0 Å². The third-order valence-corrected chi connectivity index (χ3v) is 4.03. The van der Waals surface area contributed by atoms with Gasteiger partial charge in [0.25, 0.3) is 0 Å². The molecule has 0 aliphatic heterocycles. The van der Waals surface area contributed by atoms with Gasteiger partial charge in [-0.15, -0.1) is 0 Å². The fraction of sp³-hybridized carbons (Fsp3) is 0.500. The number of allylic oxidation sites excluding steroid dienone is 1. The predicted octanol–water partition coefficient (Wildman–Crippen LogP) is 3.48. The number of esters is 1. The van der Waals surface area contributed by atoms with E-state index < -0.39 is 0 Å². The monoisotopic (exact) mass is 287 g/mol. The molecule has 0 amide bonds. The lowest BCUT2D eigenvalue weighted by atomic mass is 9.95. The zero-order valence-electron chi connectivity index (χ0n) is 13.1. The Kier molecular flexibility index (Phi) is 5.57. The van der Waals surface area contributed by atoms with Crippen LogP contribution in [-0.4, -0.2) is 18.6 Å². The van der Waals surface area contributed by atoms with E-state index >= 15 is 0 Å². The number of nitrogens with one attached hydrogen (secondary N) is 1. The van der Waals surface area contributed by atoms with Gasteiger partial charge in [-0.2, -0.15) is 0 Å². The van der Waals surface area contributed by atoms with Crippen LogP contribution in [-0.2, 0) is 9.53 Å². The van der Waals surface area contributed by atoms with Gasteiger partial charge in [0.1, 0.15) is 6.04 Å². The first kappa shape index (κ1) is 15.8. The lowest BCUT2D eigenvalue weighted by Gasteiger charge is -2.26. The van der Waals surface area contributed by atoms with Crippen LogP contribution in [0.25, 0.3) is 0 Å². The van der Waals surface area contributed by atoms with Gasteiger partial charge in [0.15, 0.2) is 0 Å². The highest BCUT2D eigenvalue weighted by Crippen LogP contribution is 2.28. The van der Waals surface area contributed by atoms with E-state index in [4.69, 9.17) is 4.74 Å². The van der Waals surface area contributed by atoms with Gasteiger partial charge in [0.2, 0.25) is 0 Å². The molecule has 4 atom stereocenters. The fourth-order valence-electron chi connectivity index (χ4n) is 2.87. The number of carbonyl (C=O) groups excluding carboxylic acids is 1. The maximum Gasteiger partial charge on any atom is 0.323 e. The standard InChI is InChI=1S/C18H25NO2/c1-4-21-18(20)17(16-11-10-13(2)12-16)19-14(3)15-8-6-5-7-9-15/h5-11,13-14,16-17,19H,4,12H2,1-3H3/t13-,14-,16+,17+/m1/s1. The summed E-state index contributed by atoms with van der Waals surface area (Å²) in [6.45, 7) is 6.54. The lowest BCUT2D eigenvalue weighted by Crippen LogP contribution is -2.44. The highest BCUT2D eigenvalue weighted by molar-refractivity contribution is 5.76. The van der Waals surface area contributed by atoms with Gasteiger partial charge in [-0.05, 0) is 31.7 Å². The molecule has 1 aromatic rings. The van der Waals surface area contributed by atoms with Crippen LogP contribution in [0, 0.1) is 11.8 Å². The minimum absolute atomic E-state index is 0.116. The largest absolute Gasteiger partial charge is 0.465 e. The molecule has 0 unspecified atom stereocenters. The molecule has 0 heterocycles. The van der Waals surface area contributed by atoms with Gasteiger partial charge >= 0.3 is 5.97 Å². The van der Waals surface area contributed by atoms with Crippen LogP contribution < -0.4 is 5.32 Å². The van der Waals surface area contributed by atoms with Crippen molar-refractivity contribution in [2.75, 3.05) is 6.61 Å². The minimum atomic E-state index is -0.277. The van der Waals surface area contributed by atoms with Gasteiger partial charge in [-0.1, -0.05) is 49.4 Å². The zero-order chi connectivity index (χ0) is 15.2. The molecule has 1 aliphatic carbocycles. The van der Waals surface area contributed by atoms with Crippen molar-refractivity contribution >= 4 is 5.97 Å². The average molecular weight is 287 g/mol. The molecular formula is C18H25NO2. The molecule has 0 radical (unpaired) electrons. The van der Waals surface area contributed by atoms with Crippen molar-refractivity contribution in [3.05, 3.63) is 48.0 Å². The Labute approximate surface area is 127 Å². The van der Waals surface area contributed by atoms with Crippen LogP contribution in [0.4, 0.5) is 0 Å². The van der Waals surface area contributed by atoms with Crippen molar-refractivity contribution < 1.29 is 9.53 Å². The molecule has 3 heteroatoms. The van der Waals surface area contributed by atoms with Gasteiger partial charge < -0.3 is 4.74 Å². The number of hydrogen-bond donors (Lipinski definition) is 1. The average Bonchev–Trinajstić information content (AvgIpc) is 2.92. The quantitative estimate of drug-likeness (QED) is 0.643. The Balaban J connectivity index is 2.08. The lowest BCUT2D eigenvalue weighted by molar-refractivity contribution is -0.147. The highest BCUT2D eigenvalue weighted by atomic mass is 16.5. The molecule has 0 fully saturated rings. The Morgan fingerprint density at radius 1 is 1.33 bits per heavy atom. The number of ether oxygens (including phenoxy) is 1. The van der Waals surface area contributed by atoms with Gasteiger partial charge in [0, 0.05) is 12.0 Å². The van der Waals surface area contributed by atoms with E-state index in [2.05, 4.69) is 43.4 Å². The smallest absolute Gasteiger partial charge is 0.323 e. The second-order valence-electron chi connectivity index (χ2n) is 5.79. The molecule has 21 heavy (non-hydrogen) atoms. The number of carbonyl (C=O) groups is 1. The molecule has 3 nitrogen and oxygen atoms in total. The number of benzene rings is 1. The van der Waals surface area contributed by atoms with Gasteiger partial charge in [0.05, 0.1) is 6.61 Å². The SMILES string of the molecule is CCOC(=O)[C@@H](N[C@H](C)c1ccccc1)[C@H]1C=C[C@@H](C)C1. The van der Waals surface area contributed by atoms with E-state index in [1.165, 1.54) is 5.56 Å². The van der Waals surface area contributed by atoms with Crippen molar-refractivity contribution in [2.45, 2.75) is 39.3 Å². The third-order valence-electron chi connectivity index (χ3n) is 4.03. The second-order valence-corrected chi connectivity index (χ2v) is 5.79. The normalized spacial score (nSPS) is 23.8. The summed E-state index contributed by atoms with van der Waals surface area (Å²) in [5.41, 5.74) is 1.18. The van der Waals surface area contributed by atoms with Crippen molar-refractivity contribution in [3.8, 4) is 0 Å². The van der Waals surface area contributed by atoms with Crippen molar-refractivity contribution in [1.82, 2.24) is 5.32 Å². The summed E-state index contributed by atoms with van der Waals surface area (Å²) in [6.07, 6.45) is 5.33. The number of hydrogen-bond acceptors (Lipinski definition) is 3. The summed E-state index contributed by atoms with van der Waals surface area (Å²) in [6, 6.07) is 10.0. The topological polar surface area (TPSA) is 38.3 Å². The summed E-state index contributed by atoms with van der Waals surface area (Å²) in [4.78, 5) is 12.3. The molecule has 1 aromatic carbocycles.